The molecule has 0 saturated heterocycles. The lowest BCUT2D eigenvalue weighted by atomic mass is 9.99. The van der Waals surface area contributed by atoms with Crippen LogP contribution in [0.15, 0.2) is 97.6 Å². The van der Waals surface area contributed by atoms with Crippen molar-refractivity contribution in [3.63, 3.8) is 0 Å². The summed E-state index contributed by atoms with van der Waals surface area (Å²) in [4.78, 5) is 39.6. The first-order chi connectivity index (χ1) is 16.8. The number of aldehydes is 1. The van der Waals surface area contributed by atoms with Crippen molar-refractivity contribution in [1.82, 2.24) is 4.98 Å². The number of hydrogen-bond donors (Lipinski definition) is 5. The first kappa shape index (κ1) is 22.1. The maximum absolute atomic E-state index is 12.1. The topological polar surface area (TPSA) is 168 Å². The van der Waals surface area contributed by atoms with Crippen LogP contribution in [0.4, 0.5) is 0 Å². The number of carboxylic acids is 1. The van der Waals surface area contributed by atoms with E-state index in [0.717, 1.165) is 11.4 Å². The summed E-state index contributed by atoms with van der Waals surface area (Å²) in [7, 11) is 0. The Morgan fingerprint density at radius 2 is 1.40 bits per heavy atom. The van der Waals surface area contributed by atoms with Gasteiger partial charge in [0.15, 0.2) is 6.29 Å². The van der Waals surface area contributed by atoms with E-state index in [4.69, 9.17) is 0 Å². The quantitative estimate of drug-likeness (QED) is 0.332. The lowest BCUT2D eigenvalue weighted by Gasteiger charge is -2.16. The maximum Gasteiger partial charge on any atom is 0.340 e. The molecule has 0 aliphatic carbocycles. The molecule has 4 aliphatic rings. The number of carbonyl (C=O) groups excluding carboxylic acids is 1. The molecule has 0 amide bonds. The van der Waals surface area contributed by atoms with Crippen molar-refractivity contribution in [3.8, 4) is 0 Å². The lowest BCUT2D eigenvalue weighted by Crippen LogP contribution is -2.31. The summed E-state index contributed by atoms with van der Waals surface area (Å²) in [6.07, 6.45) is 9.20. The third-order valence-electron chi connectivity index (χ3n) is 5.54. The monoisotopic (exact) mass is 470 g/mol. The molecule has 0 aromatic carbocycles. The number of hydrogen-bond acceptors (Lipinski definition) is 8. The van der Waals surface area contributed by atoms with E-state index in [1.54, 1.807) is 36.5 Å². The predicted molar refractivity (Wildman–Crippen MR) is 129 cm³/mol. The minimum Gasteiger partial charge on any atom is -0.509 e. The highest BCUT2D eigenvalue weighted by Gasteiger charge is 2.30. The van der Waals surface area contributed by atoms with Gasteiger partial charge in [-0.2, -0.15) is 0 Å². The number of H-pyrrole nitrogens is 1. The van der Waals surface area contributed by atoms with E-state index in [1.807, 2.05) is 12.1 Å². The number of aliphatic hydroxyl groups is 3. The molecular weight excluding hydrogens is 452 g/mol. The third kappa shape index (κ3) is 4.07. The number of nitrogens with zero attached hydrogens (tertiary/aromatic N) is 3. The summed E-state index contributed by atoms with van der Waals surface area (Å²) < 4.78 is 0. The van der Waals surface area contributed by atoms with Gasteiger partial charge in [-0.05, 0) is 60.7 Å². The van der Waals surface area contributed by atoms with Gasteiger partial charge in [0.25, 0.3) is 0 Å². The average Bonchev–Trinajstić information content (AvgIpc) is 3.63. The molecule has 5 heterocycles. The fraction of sp³-hybridized carbons (Fsp3) is 0.0800. The number of nitrogens with one attached hydrogen (secondary N) is 1. The molecule has 10 nitrogen and oxygen atoms in total. The molecule has 35 heavy (non-hydrogen) atoms. The second kappa shape index (κ2) is 8.60. The number of aliphatic hydroxyl groups excluding tert-OH is 3. The third-order valence-corrected chi connectivity index (χ3v) is 5.54. The fourth-order valence-electron chi connectivity index (χ4n) is 3.88. The summed E-state index contributed by atoms with van der Waals surface area (Å²) >= 11 is 0. The number of fused-ring (bicyclic) bond motifs is 5. The van der Waals surface area contributed by atoms with E-state index in [2.05, 4.69) is 20.0 Å². The largest absolute Gasteiger partial charge is 0.509 e. The van der Waals surface area contributed by atoms with Crippen LogP contribution >= 0.6 is 0 Å². The van der Waals surface area contributed by atoms with E-state index < -0.39 is 23.9 Å². The van der Waals surface area contributed by atoms with Gasteiger partial charge in [0.1, 0.15) is 23.5 Å². The van der Waals surface area contributed by atoms with Gasteiger partial charge in [0.2, 0.25) is 0 Å². The number of aromatic nitrogens is 1. The highest BCUT2D eigenvalue weighted by Crippen LogP contribution is 2.28. The molecule has 4 aliphatic heterocycles. The molecule has 174 valence electrons. The average molecular weight is 470 g/mol. The van der Waals surface area contributed by atoms with Crippen LogP contribution in [0.25, 0.3) is 12.2 Å². The molecule has 0 unspecified atom stereocenters. The van der Waals surface area contributed by atoms with Gasteiger partial charge < -0.3 is 30.2 Å². The normalized spacial score (nSPS) is 21.3. The summed E-state index contributed by atoms with van der Waals surface area (Å²) in [5, 5.41) is 40.8. The molecular formula is C25H18N4O6. The van der Waals surface area contributed by atoms with Gasteiger partial charge in [-0.25, -0.2) is 19.8 Å². The van der Waals surface area contributed by atoms with Crippen LogP contribution in [0.5, 0.6) is 0 Å². The van der Waals surface area contributed by atoms with Crippen LogP contribution < -0.4 is 0 Å². The molecule has 5 rings (SSSR count). The highest BCUT2D eigenvalue weighted by molar-refractivity contribution is 6.34. The Kier molecular flexibility index (Phi) is 5.44. The number of carboxylic acid groups (broad SMARTS) is 1. The van der Waals surface area contributed by atoms with Gasteiger partial charge in [-0.3, -0.25) is 0 Å². The molecule has 8 bridgehead atoms. The molecule has 0 fully saturated rings. The van der Waals surface area contributed by atoms with Crippen LogP contribution in [0.2, 0.25) is 0 Å². The summed E-state index contributed by atoms with van der Waals surface area (Å²) in [5.41, 5.74) is 2.88. The van der Waals surface area contributed by atoms with Gasteiger partial charge in [-0.15, -0.1) is 0 Å². The van der Waals surface area contributed by atoms with E-state index in [1.165, 1.54) is 12.2 Å². The number of carbonyl (C=O) groups is 2. The first-order valence-corrected chi connectivity index (χ1v) is 10.5. The Labute approximate surface area is 198 Å². The zero-order chi connectivity index (χ0) is 24.7. The van der Waals surface area contributed by atoms with E-state index in [-0.39, 0.29) is 40.3 Å². The second-order valence-electron chi connectivity index (χ2n) is 7.90. The smallest absolute Gasteiger partial charge is 0.340 e. The van der Waals surface area contributed by atoms with Crippen LogP contribution in [0, 0.1) is 0 Å². The van der Waals surface area contributed by atoms with E-state index >= 15 is 0 Å². The second-order valence-corrected chi connectivity index (χ2v) is 7.90. The summed E-state index contributed by atoms with van der Waals surface area (Å²) in [5.74, 6) is -1.99. The molecule has 1 aromatic heterocycles. The van der Waals surface area contributed by atoms with Crippen LogP contribution in [-0.4, -0.2) is 67.0 Å². The van der Waals surface area contributed by atoms with Gasteiger partial charge in [0, 0.05) is 11.4 Å². The van der Waals surface area contributed by atoms with Crippen molar-refractivity contribution in [2.45, 2.75) is 12.2 Å². The Morgan fingerprint density at radius 3 is 2.03 bits per heavy atom. The minimum absolute atomic E-state index is 0.0576. The van der Waals surface area contributed by atoms with Crippen LogP contribution in [0.1, 0.15) is 11.4 Å². The Bertz CT molecular complexity index is 1470. The Balaban J connectivity index is 1.77. The number of allylic oxidation sites excluding steroid dienone is 7. The standard InChI is InChI=1S/C25H18N4O6/c30-11-20(31)23(32)24(33)21-16-5-3-14(27-16)9-12-1-2-13(26-12)10-15-4-6-18(28-15)22(25(34)35)19-8-7-17(21)29-19/h1-11,20,23,26,31-33H,(H,34,35)/t20-,23-/m1/s1. The zero-order valence-electron chi connectivity index (χ0n) is 18.0. The van der Waals surface area contributed by atoms with Crippen LogP contribution in [0.3, 0.4) is 0 Å². The van der Waals surface area contributed by atoms with Crippen molar-refractivity contribution < 1.29 is 30.0 Å². The first-order valence-electron chi connectivity index (χ1n) is 10.5. The zero-order valence-corrected chi connectivity index (χ0v) is 18.0. The minimum atomic E-state index is -1.94. The van der Waals surface area contributed by atoms with Gasteiger partial charge in [0.05, 0.1) is 39.8 Å². The molecule has 0 saturated carbocycles. The van der Waals surface area contributed by atoms with Crippen molar-refractivity contribution in [2.75, 3.05) is 0 Å². The SMILES string of the molecule is O=C[C@@H](O)[C@@H](O)C(O)=C1C2=NC(=Cc3ccc([nH]3)C=C3C=CC(=N3)C(C(=O)O)=C3C=CC1=N3)C=C2. The Morgan fingerprint density at radius 1 is 0.829 bits per heavy atom. The number of aromatic amines is 1. The van der Waals surface area contributed by atoms with Crippen molar-refractivity contribution in [2.24, 2.45) is 15.0 Å². The van der Waals surface area contributed by atoms with Crippen LogP contribution in [-0.2, 0) is 9.59 Å². The van der Waals surface area contributed by atoms with Gasteiger partial charge >= 0.3 is 5.97 Å². The Hall–Kier alpha value is -4.67. The van der Waals surface area contributed by atoms with Crippen molar-refractivity contribution in [1.29, 1.82) is 0 Å². The highest BCUT2D eigenvalue weighted by atomic mass is 16.4. The van der Waals surface area contributed by atoms with Crippen molar-refractivity contribution >= 4 is 41.5 Å². The molecule has 2 atom stereocenters. The van der Waals surface area contributed by atoms with E-state index in [9.17, 15) is 30.0 Å². The molecule has 1 aromatic rings. The molecule has 10 heteroatoms. The van der Waals surface area contributed by atoms with E-state index in [0.29, 0.717) is 11.4 Å². The summed E-state index contributed by atoms with van der Waals surface area (Å²) in [6.45, 7) is 0. The summed E-state index contributed by atoms with van der Waals surface area (Å²) in [6, 6.07) is 3.67. The lowest BCUT2D eigenvalue weighted by molar-refractivity contribution is -0.132. The van der Waals surface area contributed by atoms with Gasteiger partial charge in [-0.1, -0.05) is 0 Å². The molecule has 5 N–H and O–H groups in total. The van der Waals surface area contributed by atoms with Crippen molar-refractivity contribution in [3.05, 3.63) is 94.0 Å². The number of rotatable bonds is 4. The molecule has 0 spiro atoms. The number of aliphatic imine (C=N–C) groups is 3. The maximum atomic E-state index is 12.1. The molecule has 0 radical (unpaired) electrons. The fourth-order valence-corrected chi connectivity index (χ4v) is 3.88. The predicted octanol–water partition coefficient (Wildman–Crippen LogP) is 1.81. The number of aliphatic carboxylic acids is 1.